The minimum absolute atomic E-state index is 0.0742. The summed E-state index contributed by atoms with van der Waals surface area (Å²) in [7, 11) is 3.29. The Bertz CT molecular complexity index is 621. The number of amides is 1. The molecule has 2 aromatic carbocycles. The standard InChI is InChI=1S/C17H20N2O2/c1-12-4-9-16(21-3)15(10-12)19-11-13-5-7-14(8-6-13)17(20)18-2/h4-10,19H,11H2,1-3H3,(H,18,20). The van der Waals surface area contributed by atoms with Crippen LogP contribution < -0.4 is 15.4 Å². The molecule has 0 spiro atoms. The Balaban J connectivity index is 2.06. The maximum absolute atomic E-state index is 11.5. The van der Waals surface area contributed by atoms with Gasteiger partial charge in [-0.05, 0) is 42.3 Å². The summed E-state index contributed by atoms with van der Waals surface area (Å²) < 4.78 is 5.34. The molecule has 4 nitrogen and oxygen atoms in total. The van der Waals surface area contributed by atoms with Gasteiger partial charge in [-0.1, -0.05) is 18.2 Å². The highest BCUT2D eigenvalue weighted by Crippen LogP contribution is 2.25. The smallest absolute Gasteiger partial charge is 0.251 e. The third-order valence-corrected chi connectivity index (χ3v) is 3.28. The lowest BCUT2D eigenvalue weighted by Crippen LogP contribution is -2.17. The second-order valence-corrected chi connectivity index (χ2v) is 4.83. The molecule has 4 heteroatoms. The van der Waals surface area contributed by atoms with Crippen molar-refractivity contribution in [2.45, 2.75) is 13.5 Å². The predicted octanol–water partition coefficient (Wildman–Crippen LogP) is 2.98. The third-order valence-electron chi connectivity index (χ3n) is 3.28. The van der Waals surface area contributed by atoms with Gasteiger partial charge in [-0.2, -0.15) is 0 Å². The van der Waals surface area contributed by atoms with Crippen LogP contribution in [0, 0.1) is 6.92 Å². The monoisotopic (exact) mass is 284 g/mol. The minimum atomic E-state index is -0.0742. The fourth-order valence-corrected chi connectivity index (χ4v) is 2.08. The number of aryl methyl sites for hydroxylation is 1. The van der Waals surface area contributed by atoms with Crippen molar-refractivity contribution in [1.29, 1.82) is 0 Å². The van der Waals surface area contributed by atoms with Crippen molar-refractivity contribution in [3.63, 3.8) is 0 Å². The molecule has 0 saturated heterocycles. The number of hydrogen-bond acceptors (Lipinski definition) is 3. The summed E-state index contributed by atoms with van der Waals surface area (Å²) in [6.45, 7) is 2.72. The van der Waals surface area contributed by atoms with Crippen LogP contribution in [0.25, 0.3) is 0 Å². The van der Waals surface area contributed by atoms with Gasteiger partial charge in [0.25, 0.3) is 5.91 Å². The van der Waals surface area contributed by atoms with E-state index in [0.717, 1.165) is 17.0 Å². The Morgan fingerprint density at radius 1 is 1.14 bits per heavy atom. The summed E-state index contributed by atoms with van der Waals surface area (Å²) in [6.07, 6.45) is 0. The van der Waals surface area contributed by atoms with Gasteiger partial charge in [-0.25, -0.2) is 0 Å². The van der Waals surface area contributed by atoms with E-state index in [0.29, 0.717) is 12.1 Å². The summed E-state index contributed by atoms with van der Waals surface area (Å²) in [5, 5.41) is 5.97. The number of carbonyl (C=O) groups is 1. The van der Waals surface area contributed by atoms with E-state index in [1.54, 1.807) is 14.2 Å². The zero-order chi connectivity index (χ0) is 15.2. The van der Waals surface area contributed by atoms with Gasteiger partial charge in [-0.3, -0.25) is 4.79 Å². The first kappa shape index (κ1) is 14.9. The lowest BCUT2D eigenvalue weighted by atomic mass is 10.1. The number of benzene rings is 2. The molecule has 0 saturated carbocycles. The normalized spacial score (nSPS) is 10.0. The van der Waals surface area contributed by atoms with Gasteiger partial charge in [0.15, 0.2) is 0 Å². The second kappa shape index (κ2) is 6.79. The van der Waals surface area contributed by atoms with Gasteiger partial charge in [-0.15, -0.1) is 0 Å². The van der Waals surface area contributed by atoms with E-state index in [1.807, 2.05) is 43.3 Å². The molecule has 0 aliphatic heterocycles. The molecular formula is C17H20N2O2. The van der Waals surface area contributed by atoms with Gasteiger partial charge in [0.05, 0.1) is 12.8 Å². The van der Waals surface area contributed by atoms with E-state index >= 15 is 0 Å². The summed E-state index contributed by atoms with van der Waals surface area (Å²) >= 11 is 0. The van der Waals surface area contributed by atoms with Crippen LogP contribution in [0.3, 0.4) is 0 Å². The van der Waals surface area contributed by atoms with Gasteiger partial charge in [0.2, 0.25) is 0 Å². The lowest BCUT2D eigenvalue weighted by molar-refractivity contribution is 0.0963. The molecule has 110 valence electrons. The molecule has 0 aromatic heterocycles. The molecule has 0 atom stereocenters. The number of hydrogen-bond donors (Lipinski definition) is 2. The van der Waals surface area contributed by atoms with Crippen LogP contribution in [0.4, 0.5) is 5.69 Å². The van der Waals surface area contributed by atoms with E-state index in [2.05, 4.69) is 16.7 Å². The van der Waals surface area contributed by atoms with Gasteiger partial charge in [0, 0.05) is 19.2 Å². The third kappa shape index (κ3) is 3.75. The lowest BCUT2D eigenvalue weighted by Gasteiger charge is -2.12. The molecule has 0 radical (unpaired) electrons. The molecule has 0 fully saturated rings. The van der Waals surface area contributed by atoms with Crippen molar-refractivity contribution in [2.75, 3.05) is 19.5 Å². The molecule has 2 rings (SSSR count). The minimum Gasteiger partial charge on any atom is -0.495 e. The van der Waals surface area contributed by atoms with Crippen LogP contribution >= 0.6 is 0 Å². The highest BCUT2D eigenvalue weighted by Gasteiger charge is 2.04. The van der Waals surface area contributed by atoms with E-state index in [1.165, 1.54) is 5.56 Å². The number of anilines is 1. The first-order valence-electron chi connectivity index (χ1n) is 6.83. The van der Waals surface area contributed by atoms with Crippen LogP contribution in [0.1, 0.15) is 21.5 Å². The molecule has 0 unspecified atom stereocenters. The average molecular weight is 284 g/mol. The Hall–Kier alpha value is -2.49. The molecule has 2 aromatic rings. The van der Waals surface area contributed by atoms with E-state index in [9.17, 15) is 4.79 Å². The summed E-state index contributed by atoms with van der Waals surface area (Å²) in [5.74, 6) is 0.748. The molecule has 21 heavy (non-hydrogen) atoms. The van der Waals surface area contributed by atoms with Gasteiger partial charge >= 0.3 is 0 Å². The summed E-state index contributed by atoms with van der Waals surface area (Å²) in [6, 6.07) is 13.6. The van der Waals surface area contributed by atoms with Crippen molar-refractivity contribution >= 4 is 11.6 Å². The molecular weight excluding hydrogens is 264 g/mol. The van der Waals surface area contributed by atoms with Gasteiger partial charge in [0.1, 0.15) is 5.75 Å². The topological polar surface area (TPSA) is 50.4 Å². The fourth-order valence-electron chi connectivity index (χ4n) is 2.08. The van der Waals surface area contributed by atoms with Crippen molar-refractivity contribution < 1.29 is 9.53 Å². The Morgan fingerprint density at radius 2 is 1.86 bits per heavy atom. The Labute approximate surface area is 125 Å². The largest absolute Gasteiger partial charge is 0.495 e. The van der Waals surface area contributed by atoms with Crippen LogP contribution in [0.2, 0.25) is 0 Å². The molecule has 0 heterocycles. The summed E-state index contributed by atoms with van der Waals surface area (Å²) in [4.78, 5) is 11.5. The number of nitrogens with one attached hydrogen (secondary N) is 2. The quantitative estimate of drug-likeness (QED) is 0.887. The second-order valence-electron chi connectivity index (χ2n) is 4.83. The van der Waals surface area contributed by atoms with E-state index < -0.39 is 0 Å². The van der Waals surface area contributed by atoms with Crippen LogP contribution in [-0.4, -0.2) is 20.1 Å². The predicted molar refractivity (Wildman–Crippen MR) is 84.9 cm³/mol. The van der Waals surface area contributed by atoms with Crippen LogP contribution in [0.5, 0.6) is 5.75 Å². The fraction of sp³-hybridized carbons (Fsp3) is 0.235. The first-order valence-corrected chi connectivity index (χ1v) is 6.83. The Morgan fingerprint density at radius 3 is 2.48 bits per heavy atom. The zero-order valence-corrected chi connectivity index (χ0v) is 12.6. The first-order chi connectivity index (χ1) is 10.1. The van der Waals surface area contributed by atoms with Crippen LogP contribution in [-0.2, 0) is 6.54 Å². The molecule has 0 bridgehead atoms. The number of rotatable bonds is 5. The van der Waals surface area contributed by atoms with Crippen LogP contribution in [0.15, 0.2) is 42.5 Å². The molecule has 1 amide bonds. The number of methoxy groups -OCH3 is 1. The average Bonchev–Trinajstić information content (AvgIpc) is 2.52. The van der Waals surface area contributed by atoms with E-state index in [4.69, 9.17) is 4.74 Å². The summed E-state index contributed by atoms with van der Waals surface area (Å²) in [5.41, 5.74) is 3.90. The molecule has 2 N–H and O–H groups in total. The van der Waals surface area contributed by atoms with Crippen molar-refractivity contribution in [2.24, 2.45) is 0 Å². The number of ether oxygens (including phenoxy) is 1. The molecule has 0 aliphatic rings. The Kier molecular flexibility index (Phi) is 4.82. The molecule has 0 aliphatic carbocycles. The maximum atomic E-state index is 11.5. The SMILES string of the molecule is CNC(=O)c1ccc(CNc2cc(C)ccc2OC)cc1. The van der Waals surface area contributed by atoms with E-state index in [-0.39, 0.29) is 5.91 Å². The maximum Gasteiger partial charge on any atom is 0.251 e. The van der Waals surface area contributed by atoms with Crippen molar-refractivity contribution in [3.8, 4) is 5.75 Å². The highest BCUT2D eigenvalue weighted by atomic mass is 16.5. The van der Waals surface area contributed by atoms with Gasteiger partial charge < -0.3 is 15.4 Å². The number of carbonyl (C=O) groups excluding carboxylic acids is 1. The van der Waals surface area contributed by atoms with Crippen molar-refractivity contribution in [1.82, 2.24) is 5.32 Å². The zero-order valence-electron chi connectivity index (χ0n) is 12.6. The highest BCUT2D eigenvalue weighted by molar-refractivity contribution is 5.93. The van der Waals surface area contributed by atoms with Crippen molar-refractivity contribution in [3.05, 3.63) is 59.2 Å².